The Morgan fingerprint density at radius 1 is 1.25 bits per heavy atom. The van der Waals surface area contributed by atoms with Gasteiger partial charge < -0.3 is 15.1 Å². The van der Waals surface area contributed by atoms with E-state index in [1.165, 1.54) is 0 Å². The zero-order valence-electron chi connectivity index (χ0n) is 10.9. The van der Waals surface area contributed by atoms with Crippen LogP contribution in [0, 0.1) is 0 Å². The van der Waals surface area contributed by atoms with Crippen LogP contribution in [0.25, 0.3) is 0 Å². The van der Waals surface area contributed by atoms with Crippen LogP contribution in [0.4, 0.5) is 0 Å². The molecule has 108 valence electrons. The second-order valence-corrected chi connectivity index (χ2v) is 6.50. The molecule has 20 heavy (non-hydrogen) atoms. The number of rotatable bonds is 4. The summed E-state index contributed by atoms with van der Waals surface area (Å²) in [5.74, 6) is -1.55. The Labute approximate surface area is 116 Å². The topological polar surface area (TPSA) is 94.9 Å². The molecule has 0 aliphatic carbocycles. The van der Waals surface area contributed by atoms with Gasteiger partial charge in [0, 0.05) is 12.8 Å². The highest BCUT2D eigenvalue weighted by Crippen LogP contribution is 2.39. The molecule has 1 aliphatic heterocycles. The van der Waals surface area contributed by atoms with Crippen molar-refractivity contribution in [1.29, 1.82) is 0 Å². The van der Waals surface area contributed by atoms with Gasteiger partial charge in [-0.2, -0.15) is 0 Å². The van der Waals surface area contributed by atoms with Gasteiger partial charge in [0.05, 0.1) is 12.6 Å². The van der Waals surface area contributed by atoms with E-state index in [1.807, 2.05) is 0 Å². The van der Waals surface area contributed by atoms with Gasteiger partial charge in [0.15, 0.2) is 15.6 Å². The highest BCUT2D eigenvalue weighted by atomic mass is 32.2. The van der Waals surface area contributed by atoms with Gasteiger partial charge in [-0.3, -0.25) is 4.79 Å². The van der Waals surface area contributed by atoms with E-state index < -0.39 is 27.5 Å². The Balaban J connectivity index is 2.60. The zero-order valence-corrected chi connectivity index (χ0v) is 11.7. The number of β-amino-alcohol motifs (C(OH)–C–C–N with tert-alkyl or cyclic N) is 1. The summed E-state index contributed by atoms with van der Waals surface area (Å²) in [5.41, 5.74) is 0.568. The van der Waals surface area contributed by atoms with Crippen LogP contribution >= 0.6 is 0 Å². The minimum Gasteiger partial charge on any atom is -0.502 e. The number of benzene rings is 1. The molecule has 1 atom stereocenters. The molecule has 0 saturated carbocycles. The molecule has 1 amide bonds. The monoisotopic (exact) mass is 297 g/mol. The Hall–Kier alpha value is -1.86. The predicted octanol–water partition coefficient (Wildman–Crippen LogP) is 0.376. The summed E-state index contributed by atoms with van der Waals surface area (Å²) in [6, 6.07) is 7.64. The number of aliphatic hydroxyl groups is 2. The normalized spacial score (nSPS) is 19.8. The molecule has 0 saturated heterocycles. The Kier molecular flexibility index (Phi) is 3.82. The first kappa shape index (κ1) is 14.5. The highest BCUT2D eigenvalue weighted by Gasteiger charge is 2.44. The molecule has 0 spiro atoms. The van der Waals surface area contributed by atoms with Crippen molar-refractivity contribution < 1.29 is 23.4 Å². The molecule has 0 fully saturated rings. The van der Waals surface area contributed by atoms with Gasteiger partial charge in [0.2, 0.25) is 0 Å². The lowest BCUT2D eigenvalue weighted by atomic mass is 10.1. The van der Waals surface area contributed by atoms with Crippen molar-refractivity contribution in [3.63, 3.8) is 0 Å². The van der Waals surface area contributed by atoms with E-state index >= 15 is 0 Å². The predicted molar refractivity (Wildman–Crippen MR) is 72.5 cm³/mol. The van der Waals surface area contributed by atoms with Crippen LogP contribution in [-0.4, -0.2) is 48.8 Å². The molecular weight excluding hydrogens is 282 g/mol. The van der Waals surface area contributed by atoms with Crippen LogP contribution in [-0.2, 0) is 14.6 Å². The van der Waals surface area contributed by atoms with Gasteiger partial charge in [-0.1, -0.05) is 30.3 Å². The summed E-state index contributed by atoms with van der Waals surface area (Å²) in [6.45, 7) is -0.374. The molecule has 2 N–H and O–H groups in total. The van der Waals surface area contributed by atoms with E-state index in [0.29, 0.717) is 5.56 Å². The molecular formula is C13H15NO5S. The lowest BCUT2D eigenvalue weighted by molar-refractivity contribution is -0.129. The van der Waals surface area contributed by atoms with Crippen LogP contribution in [0.1, 0.15) is 11.6 Å². The van der Waals surface area contributed by atoms with Crippen molar-refractivity contribution in [2.75, 3.05) is 19.4 Å². The van der Waals surface area contributed by atoms with Crippen molar-refractivity contribution in [1.82, 2.24) is 4.90 Å². The summed E-state index contributed by atoms with van der Waals surface area (Å²) >= 11 is 0. The van der Waals surface area contributed by atoms with Gasteiger partial charge in [-0.25, -0.2) is 8.42 Å². The van der Waals surface area contributed by atoms with Gasteiger partial charge in [-0.05, 0) is 5.56 Å². The Morgan fingerprint density at radius 3 is 2.35 bits per heavy atom. The zero-order chi connectivity index (χ0) is 14.9. The average Bonchev–Trinajstić information content (AvgIpc) is 2.65. The van der Waals surface area contributed by atoms with Crippen molar-refractivity contribution in [2.24, 2.45) is 0 Å². The SMILES string of the molecule is CS(=O)(=O)C1=C(O)C(=O)N(CCO)C1c1ccccc1. The Bertz CT molecular complexity index is 651. The van der Waals surface area contributed by atoms with Crippen molar-refractivity contribution in [3.05, 3.63) is 46.6 Å². The number of nitrogens with zero attached hydrogens (tertiary/aromatic N) is 1. The van der Waals surface area contributed by atoms with Gasteiger partial charge >= 0.3 is 0 Å². The number of carbonyl (C=O) groups excluding carboxylic acids is 1. The van der Waals surface area contributed by atoms with Crippen molar-refractivity contribution in [2.45, 2.75) is 6.04 Å². The van der Waals surface area contributed by atoms with Gasteiger partial charge in [0.25, 0.3) is 5.91 Å². The number of sulfone groups is 1. The van der Waals surface area contributed by atoms with Gasteiger partial charge in [-0.15, -0.1) is 0 Å². The van der Waals surface area contributed by atoms with Crippen LogP contribution in [0.15, 0.2) is 41.0 Å². The Morgan fingerprint density at radius 2 is 1.85 bits per heavy atom. The highest BCUT2D eigenvalue weighted by molar-refractivity contribution is 7.94. The fourth-order valence-electron chi connectivity index (χ4n) is 2.31. The third kappa shape index (κ3) is 2.41. The smallest absolute Gasteiger partial charge is 0.290 e. The second kappa shape index (κ2) is 5.26. The summed E-state index contributed by atoms with van der Waals surface area (Å²) in [7, 11) is -3.75. The maximum atomic E-state index is 12.0. The maximum absolute atomic E-state index is 12.0. The molecule has 0 aromatic heterocycles. The molecule has 0 bridgehead atoms. The second-order valence-electron chi connectivity index (χ2n) is 4.52. The first-order chi connectivity index (χ1) is 9.38. The van der Waals surface area contributed by atoms with E-state index in [4.69, 9.17) is 5.11 Å². The maximum Gasteiger partial charge on any atom is 0.290 e. The third-order valence-electron chi connectivity index (χ3n) is 3.11. The van der Waals surface area contributed by atoms with Crippen molar-refractivity contribution in [3.8, 4) is 0 Å². The minimum atomic E-state index is -3.75. The summed E-state index contributed by atoms with van der Waals surface area (Å²) in [5, 5.41) is 18.9. The van der Waals surface area contributed by atoms with E-state index in [-0.39, 0.29) is 18.1 Å². The number of carbonyl (C=O) groups is 1. The van der Waals surface area contributed by atoms with Crippen LogP contribution < -0.4 is 0 Å². The molecule has 7 heteroatoms. The minimum absolute atomic E-state index is 0.0541. The summed E-state index contributed by atoms with van der Waals surface area (Å²) in [4.78, 5) is 12.8. The van der Waals surface area contributed by atoms with E-state index in [1.54, 1.807) is 30.3 Å². The number of amides is 1. The van der Waals surface area contributed by atoms with E-state index in [0.717, 1.165) is 11.2 Å². The molecule has 1 aromatic rings. The van der Waals surface area contributed by atoms with Crippen LogP contribution in [0.5, 0.6) is 0 Å². The molecule has 1 unspecified atom stereocenters. The first-order valence-corrected chi connectivity index (χ1v) is 7.87. The molecule has 2 rings (SSSR count). The lowest BCUT2D eigenvalue weighted by Crippen LogP contribution is -2.33. The van der Waals surface area contributed by atoms with E-state index in [9.17, 15) is 18.3 Å². The fourth-order valence-corrected chi connectivity index (χ4v) is 3.42. The van der Waals surface area contributed by atoms with Gasteiger partial charge in [0.1, 0.15) is 4.91 Å². The van der Waals surface area contributed by atoms with Crippen LogP contribution in [0.3, 0.4) is 0 Å². The number of aliphatic hydroxyl groups excluding tert-OH is 2. The third-order valence-corrected chi connectivity index (χ3v) is 4.33. The van der Waals surface area contributed by atoms with E-state index in [2.05, 4.69) is 0 Å². The largest absolute Gasteiger partial charge is 0.502 e. The summed E-state index contributed by atoms with van der Waals surface area (Å²) in [6.07, 6.45) is 0.949. The van der Waals surface area contributed by atoms with Crippen molar-refractivity contribution >= 4 is 15.7 Å². The number of hydrogen-bond donors (Lipinski definition) is 2. The summed E-state index contributed by atoms with van der Waals surface area (Å²) < 4.78 is 23.7. The molecule has 6 nitrogen and oxygen atoms in total. The average molecular weight is 297 g/mol. The standard InChI is InChI=1S/C13H15NO5S/c1-20(18,19)12-10(9-5-3-2-4-6-9)14(7-8-15)13(17)11(12)16/h2-6,10,15-16H,7-8H2,1H3. The first-order valence-electron chi connectivity index (χ1n) is 5.98. The lowest BCUT2D eigenvalue weighted by Gasteiger charge is -2.25. The molecule has 1 heterocycles. The molecule has 1 aromatic carbocycles. The van der Waals surface area contributed by atoms with Crippen LogP contribution in [0.2, 0.25) is 0 Å². The molecule has 0 radical (unpaired) electrons. The quantitative estimate of drug-likeness (QED) is 0.837. The fraction of sp³-hybridized carbons (Fsp3) is 0.308. The number of hydrogen-bond acceptors (Lipinski definition) is 5. The molecule has 1 aliphatic rings.